The molecule has 2 fully saturated rings. The molecule has 2 N–H and O–H groups in total. The molecule has 0 bridgehead atoms. The predicted molar refractivity (Wildman–Crippen MR) is 39.7 cm³/mol. The second-order valence-electron chi connectivity index (χ2n) is 3.75. The van der Waals surface area contributed by atoms with Gasteiger partial charge in [-0.15, -0.1) is 0 Å². The lowest BCUT2D eigenvalue weighted by molar-refractivity contribution is -0.184. The zero-order valence-corrected chi connectivity index (χ0v) is 6.75. The number of hydrogen-bond donors (Lipinski definition) is 2. The van der Waals surface area contributed by atoms with Crippen LogP contribution in [0.25, 0.3) is 0 Å². The minimum Gasteiger partial charge on any atom is -0.479 e. The van der Waals surface area contributed by atoms with Crippen molar-refractivity contribution >= 4 is 5.97 Å². The number of hydrogen-bond acceptors (Lipinski definition) is 3. The highest BCUT2D eigenvalue weighted by atomic mass is 16.5. The molecular formula is C8H12O4. The number of carboxylic acid groups (broad SMARTS) is 1. The zero-order chi connectivity index (χ0) is 8.82. The summed E-state index contributed by atoms with van der Waals surface area (Å²) in [6.45, 7) is 0.750. The standard InChI is InChI=1S/C8H12O4/c9-6(10)8(11)3-4-12-5-7(8)1-2-7/h11H,1-5H2,(H,9,10). The lowest BCUT2D eigenvalue weighted by Gasteiger charge is -2.36. The van der Waals surface area contributed by atoms with Gasteiger partial charge in [0, 0.05) is 18.4 Å². The van der Waals surface area contributed by atoms with Crippen molar-refractivity contribution < 1.29 is 19.7 Å². The van der Waals surface area contributed by atoms with Crippen LogP contribution in [0.4, 0.5) is 0 Å². The van der Waals surface area contributed by atoms with Crippen LogP contribution in [0.5, 0.6) is 0 Å². The van der Waals surface area contributed by atoms with E-state index in [-0.39, 0.29) is 6.42 Å². The third-order valence-corrected chi connectivity index (χ3v) is 3.07. The molecule has 0 aromatic heterocycles. The molecule has 12 heavy (non-hydrogen) atoms. The summed E-state index contributed by atoms with van der Waals surface area (Å²) < 4.78 is 5.17. The molecule has 1 atom stereocenters. The highest BCUT2D eigenvalue weighted by molar-refractivity contribution is 5.79. The molecule has 2 rings (SSSR count). The van der Waals surface area contributed by atoms with Crippen molar-refractivity contribution in [2.45, 2.75) is 24.9 Å². The molecule has 68 valence electrons. The van der Waals surface area contributed by atoms with Crippen molar-refractivity contribution in [3.63, 3.8) is 0 Å². The molecule has 4 heteroatoms. The first-order chi connectivity index (χ1) is 5.61. The summed E-state index contributed by atoms with van der Waals surface area (Å²) in [6.07, 6.45) is 1.77. The van der Waals surface area contributed by atoms with E-state index in [1.54, 1.807) is 0 Å². The molecule has 4 nitrogen and oxygen atoms in total. The fourth-order valence-corrected chi connectivity index (χ4v) is 1.91. The van der Waals surface area contributed by atoms with Crippen LogP contribution in [0.1, 0.15) is 19.3 Å². The number of carboxylic acids is 1. The van der Waals surface area contributed by atoms with E-state index in [0.29, 0.717) is 13.2 Å². The Hall–Kier alpha value is -0.610. The summed E-state index contributed by atoms with van der Waals surface area (Å²) in [7, 11) is 0. The Bertz CT molecular complexity index is 221. The molecule has 0 radical (unpaired) electrons. The van der Waals surface area contributed by atoms with Gasteiger partial charge < -0.3 is 14.9 Å². The van der Waals surface area contributed by atoms with Gasteiger partial charge in [-0.2, -0.15) is 0 Å². The Kier molecular flexibility index (Phi) is 1.47. The van der Waals surface area contributed by atoms with Gasteiger partial charge in [-0.1, -0.05) is 0 Å². The minimum absolute atomic E-state index is 0.225. The third-order valence-electron chi connectivity index (χ3n) is 3.07. The molecule has 1 heterocycles. The predicted octanol–water partition coefficient (Wildman–Crippen LogP) is 0.00260. The third kappa shape index (κ3) is 0.820. The quantitative estimate of drug-likeness (QED) is 0.584. The first kappa shape index (κ1) is 8.01. The van der Waals surface area contributed by atoms with E-state index in [2.05, 4.69) is 0 Å². The van der Waals surface area contributed by atoms with E-state index in [0.717, 1.165) is 12.8 Å². The molecule has 0 amide bonds. The average Bonchev–Trinajstić information content (AvgIpc) is 2.77. The summed E-state index contributed by atoms with van der Waals surface area (Å²) >= 11 is 0. The fourth-order valence-electron chi connectivity index (χ4n) is 1.91. The molecule has 0 aromatic carbocycles. The SMILES string of the molecule is O=C(O)C1(O)CCOCC12CC2. The molecule has 1 spiro atoms. The molecule has 1 unspecified atom stereocenters. The molecular weight excluding hydrogens is 160 g/mol. The molecule has 1 aliphatic carbocycles. The van der Waals surface area contributed by atoms with Gasteiger partial charge in [-0.25, -0.2) is 4.79 Å². The number of aliphatic hydroxyl groups is 1. The van der Waals surface area contributed by atoms with Gasteiger partial charge in [-0.3, -0.25) is 0 Å². The van der Waals surface area contributed by atoms with E-state index in [9.17, 15) is 9.90 Å². The van der Waals surface area contributed by atoms with Gasteiger partial charge in [-0.05, 0) is 12.8 Å². The minimum atomic E-state index is -1.52. The smallest absolute Gasteiger partial charge is 0.336 e. The highest BCUT2D eigenvalue weighted by Gasteiger charge is 2.64. The van der Waals surface area contributed by atoms with Gasteiger partial charge in [0.05, 0.1) is 6.61 Å². The van der Waals surface area contributed by atoms with Crippen LogP contribution >= 0.6 is 0 Å². The number of carbonyl (C=O) groups is 1. The van der Waals surface area contributed by atoms with Crippen LogP contribution < -0.4 is 0 Å². The van der Waals surface area contributed by atoms with Crippen molar-refractivity contribution in [1.29, 1.82) is 0 Å². The van der Waals surface area contributed by atoms with Crippen molar-refractivity contribution in [2.24, 2.45) is 5.41 Å². The molecule has 2 aliphatic rings. The summed E-state index contributed by atoms with van der Waals surface area (Å²) in [5.74, 6) is -1.09. The van der Waals surface area contributed by atoms with Crippen molar-refractivity contribution in [1.82, 2.24) is 0 Å². The van der Waals surface area contributed by atoms with Gasteiger partial charge in [0.15, 0.2) is 5.60 Å². The molecule has 1 saturated carbocycles. The second kappa shape index (κ2) is 2.20. The number of ether oxygens (including phenoxy) is 1. The van der Waals surface area contributed by atoms with E-state index in [1.165, 1.54) is 0 Å². The lowest BCUT2D eigenvalue weighted by Crippen LogP contribution is -2.53. The maximum atomic E-state index is 10.8. The lowest BCUT2D eigenvalue weighted by atomic mass is 9.80. The normalized spacial score (nSPS) is 38.1. The van der Waals surface area contributed by atoms with E-state index in [1.807, 2.05) is 0 Å². The Balaban J connectivity index is 2.26. The number of rotatable bonds is 1. The summed E-state index contributed by atoms with van der Waals surface area (Å²) in [5, 5.41) is 18.7. The molecule has 1 aliphatic heterocycles. The largest absolute Gasteiger partial charge is 0.479 e. The van der Waals surface area contributed by atoms with Crippen LogP contribution in [-0.2, 0) is 9.53 Å². The van der Waals surface area contributed by atoms with Crippen molar-refractivity contribution in [3.05, 3.63) is 0 Å². The van der Waals surface area contributed by atoms with Crippen LogP contribution in [-0.4, -0.2) is 35.0 Å². The van der Waals surface area contributed by atoms with Gasteiger partial charge in [0.2, 0.25) is 0 Å². The highest BCUT2D eigenvalue weighted by Crippen LogP contribution is 2.57. The van der Waals surface area contributed by atoms with E-state index < -0.39 is 17.0 Å². The molecule has 1 saturated heterocycles. The number of aliphatic carboxylic acids is 1. The average molecular weight is 172 g/mol. The Morgan fingerprint density at radius 3 is 2.42 bits per heavy atom. The van der Waals surface area contributed by atoms with Crippen LogP contribution in [0.15, 0.2) is 0 Å². The van der Waals surface area contributed by atoms with Gasteiger partial charge >= 0.3 is 5.97 Å². The van der Waals surface area contributed by atoms with Gasteiger partial charge in [0.1, 0.15) is 0 Å². The zero-order valence-electron chi connectivity index (χ0n) is 6.75. The molecule has 0 aromatic rings. The Morgan fingerprint density at radius 2 is 2.00 bits per heavy atom. The van der Waals surface area contributed by atoms with Crippen molar-refractivity contribution in [3.8, 4) is 0 Å². The van der Waals surface area contributed by atoms with Gasteiger partial charge in [0.25, 0.3) is 0 Å². The fraction of sp³-hybridized carbons (Fsp3) is 0.875. The maximum Gasteiger partial charge on any atom is 0.336 e. The van der Waals surface area contributed by atoms with E-state index >= 15 is 0 Å². The monoisotopic (exact) mass is 172 g/mol. The van der Waals surface area contributed by atoms with Crippen LogP contribution in [0.3, 0.4) is 0 Å². The topological polar surface area (TPSA) is 66.8 Å². The summed E-state index contributed by atoms with van der Waals surface area (Å²) in [6, 6.07) is 0. The first-order valence-electron chi connectivity index (χ1n) is 4.14. The van der Waals surface area contributed by atoms with Crippen LogP contribution in [0.2, 0.25) is 0 Å². The van der Waals surface area contributed by atoms with Crippen molar-refractivity contribution in [2.75, 3.05) is 13.2 Å². The summed E-state index contributed by atoms with van der Waals surface area (Å²) in [5.41, 5.74) is -1.98. The Morgan fingerprint density at radius 1 is 1.33 bits per heavy atom. The van der Waals surface area contributed by atoms with Crippen LogP contribution in [0, 0.1) is 5.41 Å². The second-order valence-corrected chi connectivity index (χ2v) is 3.75. The Labute approximate surface area is 70.1 Å². The van der Waals surface area contributed by atoms with E-state index in [4.69, 9.17) is 9.84 Å². The maximum absolute atomic E-state index is 10.8. The summed E-state index contributed by atoms with van der Waals surface area (Å²) in [4.78, 5) is 10.8. The first-order valence-corrected chi connectivity index (χ1v) is 4.14.